The minimum Gasteiger partial charge on any atom is -0.481 e. The molecule has 2 aliphatic rings. The molecule has 1 saturated heterocycles. The lowest BCUT2D eigenvalue weighted by atomic mass is 9.84. The van der Waals surface area contributed by atoms with Crippen LogP contribution in [0.2, 0.25) is 0 Å². The molecule has 1 saturated carbocycles. The number of amides is 2. The van der Waals surface area contributed by atoms with E-state index in [1.165, 1.54) is 16.7 Å². The highest BCUT2D eigenvalue weighted by Crippen LogP contribution is 2.24. The van der Waals surface area contributed by atoms with Crippen LogP contribution >= 0.6 is 11.8 Å². The predicted molar refractivity (Wildman–Crippen MR) is 70.6 cm³/mol. The normalized spacial score (nSPS) is 27.4. The van der Waals surface area contributed by atoms with Gasteiger partial charge in [-0.15, -0.1) is 11.8 Å². The van der Waals surface area contributed by atoms with Crippen LogP contribution in [0.4, 0.5) is 0 Å². The third-order valence-electron chi connectivity index (χ3n) is 3.59. The molecule has 7 heteroatoms. The Kier molecular flexibility index (Phi) is 4.68. The maximum Gasteiger partial charge on any atom is 0.308 e. The summed E-state index contributed by atoms with van der Waals surface area (Å²) in [5, 5.41) is 11.9. The number of carbonyl (C=O) groups is 3. The Bertz CT molecular complexity index is 388. The summed E-state index contributed by atoms with van der Waals surface area (Å²) in [4.78, 5) is 35.9. The minimum absolute atomic E-state index is 0.0291. The second kappa shape index (κ2) is 6.27. The lowest BCUT2D eigenvalue weighted by Gasteiger charge is -2.29. The van der Waals surface area contributed by atoms with Crippen LogP contribution in [0.3, 0.4) is 0 Å². The van der Waals surface area contributed by atoms with Gasteiger partial charge in [-0.2, -0.15) is 0 Å². The Morgan fingerprint density at radius 3 is 2.74 bits per heavy atom. The maximum atomic E-state index is 11.9. The van der Waals surface area contributed by atoms with Crippen molar-refractivity contribution in [2.24, 2.45) is 5.92 Å². The van der Waals surface area contributed by atoms with E-state index in [4.69, 9.17) is 5.11 Å². The van der Waals surface area contributed by atoms with Crippen molar-refractivity contribution >= 4 is 29.5 Å². The Balaban J connectivity index is 1.86. The molecule has 1 aliphatic carbocycles. The molecule has 0 radical (unpaired) electrons. The van der Waals surface area contributed by atoms with E-state index >= 15 is 0 Å². The number of rotatable bonds is 4. The zero-order valence-electron chi connectivity index (χ0n) is 10.6. The number of aliphatic carboxylic acids is 1. The Morgan fingerprint density at radius 2 is 2.11 bits per heavy atom. The first-order valence-electron chi connectivity index (χ1n) is 6.45. The van der Waals surface area contributed by atoms with Crippen LogP contribution in [0.1, 0.15) is 25.7 Å². The number of hydrogen-bond donors (Lipinski definition) is 2. The third kappa shape index (κ3) is 3.62. The van der Waals surface area contributed by atoms with E-state index in [0.717, 1.165) is 12.8 Å². The van der Waals surface area contributed by atoms with Gasteiger partial charge in [-0.05, 0) is 12.8 Å². The molecule has 19 heavy (non-hydrogen) atoms. The lowest BCUT2D eigenvalue weighted by molar-refractivity contribution is -0.144. The van der Waals surface area contributed by atoms with Gasteiger partial charge in [-0.25, -0.2) is 0 Å². The molecule has 2 atom stereocenters. The van der Waals surface area contributed by atoms with Crippen molar-refractivity contribution in [3.63, 3.8) is 0 Å². The average molecular weight is 286 g/mol. The lowest BCUT2D eigenvalue weighted by Crippen LogP contribution is -2.48. The van der Waals surface area contributed by atoms with Crippen molar-refractivity contribution in [3.05, 3.63) is 0 Å². The largest absolute Gasteiger partial charge is 0.481 e. The van der Waals surface area contributed by atoms with Gasteiger partial charge < -0.3 is 15.3 Å². The van der Waals surface area contributed by atoms with Crippen LogP contribution in [0.15, 0.2) is 0 Å². The first kappa shape index (κ1) is 14.2. The van der Waals surface area contributed by atoms with Crippen molar-refractivity contribution in [2.45, 2.75) is 31.7 Å². The molecule has 1 aliphatic heterocycles. The molecule has 2 fully saturated rings. The van der Waals surface area contributed by atoms with Crippen LogP contribution in [-0.2, 0) is 14.4 Å². The SMILES string of the molecule is O=C(CN1CSCC1=O)NC1CCCCC1C(=O)O. The second-order valence-corrected chi connectivity index (χ2v) is 5.93. The molecule has 0 spiro atoms. The fraction of sp³-hybridized carbons (Fsp3) is 0.750. The van der Waals surface area contributed by atoms with Crippen molar-refractivity contribution in [2.75, 3.05) is 18.2 Å². The quantitative estimate of drug-likeness (QED) is 0.775. The number of carboxylic acid groups (broad SMARTS) is 1. The number of nitrogens with zero attached hydrogens (tertiary/aromatic N) is 1. The van der Waals surface area contributed by atoms with Crippen molar-refractivity contribution in [1.82, 2.24) is 10.2 Å². The molecular formula is C12H18N2O4S. The average Bonchev–Trinajstić information content (AvgIpc) is 2.75. The summed E-state index contributed by atoms with van der Waals surface area (Å²) in [6.07, 6.45) is 3.14. The molecule has 2 amide bonds. The van der Waals surface area contributed by atoms with E-state index in [2.05, 4.69) is 5.32 Å². The third-order valence-corrected chi connectivity index (χ3v) is 4.53. The highest BCUT2D eigenvalue weighted by atomic mass is 32.2. The fourth-order valence-corrected chi connectivity index (χ4v) is 3.47. The second-order valence-electron chi connectivity index (χ2n) is 4.97. The van der Waals surface area contributed by atoms with Gasteiger partial charge in [0.25, 0.3) is 0 Å². The molecule has 0 bridgehead atoms. The monoisotopic (exact) mass is 286 g/mol. The van der Waals surface area contributed by atoms with E-state index in [9.17, 15) is 14.4 Å². The van der Waals surface area contributed by atoms with Crippen LogP contribution in [0.25, 0.3) is 0 Å². The number of thioether (sulfide) groups is 1. The van der Waals surface area contributed by atoms with Crippen LogP contribution in [0.5, 0.6) is 0 Å². The first-order valence-corrected chi connectivity index (χ1v) is 7.61. The molecule has 0 aromatic carbocycles. The van der Waals surface area contributed by atoms with E-state index in [1.807, 2.05) is 0 Å². The van der Waals surface area contributed by atoms with E-state index in [1.54, 1.807) is 0 Å². The van der Waals surface area contributed by atoms with E-state index in [-0.39, 0.29) is 24.4 Å². The first-order chi connectivity index (χ1) is 9.08. The van der Waals surface area contributed by atoms with Gasteiger partial charge >= 0.3 is 5.97 Å². The van der Waals surface area contributed by atoms with Gasteiger partial charge in [0, 0.05) is 6.04 Å². The van der Waals surface area contributed by atoms with Crippen LogP contribution < -0.4 is 5.32 Å². The van der Waals surface area contributed by atoms with Gasteiger partial charge in [-0.1, -0.05) is 12.8 Å². The van der Waals surface area contributed by atoms with Crippen molar-refractivity contribution in [3.8, 4) is 0 Å². The fourth-order valence-electron chi connectivity index (χ4n) is 2.57. The van der Waals surface area contributed by atoms with Gasteiger partial charge in [0.2, 0.25) is 11.8 Å². The number of carboxylic acids is 1. The summed E-state index contributed by atoms with van der Waals surface area (Å²) < 4.78 is 0. The standard InChI is InChI=1S/C12H18N2O4S/c15-10(5-14-7-19-6-11(14)16)13-9-4-2-1-3-8(9)12(17)18/h8-9H,1-7H2,(H,13,15)(H,17,18). The predicted octanol–water partition coefficient (Wildman–Crippen LogP) is 0.279. The Hall–Kier alpha value is -1.24. The summed E-state index contributed by atoms with van der Waals surface area (Å²) in [6, 6.07) is -0.302. The van der Waals surface area contributed by atoms with Gasteiger partial charge in [-0.3, -0.25) is 14.4 Å². The number of carbonyl (C=O) groups excluding carboxylic acids is 2. The summed E-state index contributed by atoms with van der Waals surface area (Å²) in [6.45, 7) is 0.0364. The van der Waals surface area contributed by atoms with E-state index in [0.29, 0.717) is 24.5 Å². The summed E-state index contributed by atoms with van der Waals surface area (Å²) >= 11 is 1.49. The minimum atomic E-state index is -0.849. The molecule has 2 rings (SSSR count). The topological polar surface area (TPSA) is 86.7 Å². The van der Waals surface area contributed by atoms with Crippen LogP contribution in [-0.4, -0.2) is 52.0 Å². The maximum absolute atomic E-state index is 11.9. The summed E-state index contributed by atoms with van der Waals surface area (Å²) in [5.74, 6) is -0.667. The van der Waals surface area contributed by atoms with Gasteiger partial charge in [0.15, 0.2) is 0 Å². The molecule has 6 nitrogen and oxygen atoms in total. The van der Waals surface area contributed by atoms with Gasteiger partial charge in [0.05, 0.1) is 17.5 Å². The molecule has 106 valence electrons. The molecule has 0 aromatic heterocycles. The van der Waals surface area contributed by atoms with Crippen LogP contribution in [0, 0.1) is 5.92 Å². The molecule has 1 heterocycles. The van der Waals surface area contributed by atoms with Crippen molar-refractivity contribution in [1.29, 1.82) is 0 Å². The number of nitrogens with one attached hydrogen (secondary N) is 1. The highest BCUT2D eigenvalue weighted by Gasteiger charge is 2.32. The Labute approximate surface area is 115 Å². The van der Waals surface area contributed by atoms with E-state index < -0.39 is 11.9 Å². The zero-order valence-corrected chi connectivity index (χ0v) is 11.4. The zero-order chi connectivity index (χ0) is 13.8. The molecule has 2 unspecified atom stereocenters. The summed E-state index contributed by atoms with van der Waals surface area (Å²) in [7, 11) is 0. The molecule has 2 N–H and O–H groups in total. The molecular weight excluding hydrogens is 268 g/mol. The smallest absolute Gasteiger partial charge is 0.308 e. The number of hydrogen-bond acceptors (Lipinski definition) is 4. The van der Waals surface area contributed by atoms with Gasteiger partial charge in [0.1, 0.15) is 6.54 Å². The van der Waals surface area contributed by atoms with Crippen molar-refractivity contribution < 1.29 is 19.5 Å². The highest BCUT2D eigenvalue weighted by molar-refractivity contribution is 8.00. The Morgan fingerprint density at radius 1 is 1.37 bits per heavy atom. The molecule has 0 aromatic rings. The summed E-state index contributed by atoms with van der Waals surface area (Å²) in [5.41, 5.74) is 0.